The highest BCUT2D eigenvalue weighted by Crippen LogP contribution is 2.18. The van der Waals surface area contributed by atoms with Crippen molar-refractivity contribution >= 4 is 17.3 Å². The van der Waals surface area contributed by atoms with Crippen LogP contribution in [0.1, 0.15) is 25.7 Å². The zero-order chi connectivity index (χ0) is 11.4. The van der Waals surface area contributed by atoms with Crippen LogP contribution in [-0.2, 0) is 4.74 Å². The number of thiocarbonyl (C=S) groups is 1. The summed E-state index contributed by atoms with van der Waals surface area (Å²) >= 11 is 5.39. The lowest BCUT2D eigenvalue weighted by Crippen LogP contribution is -2.52. The molecule has 1 aliphatic carbocycles. The maximum Gasteiger partial charge on any atom is 0.169 e. The number of ether oxygens (including phenoxy) is 1. The molecule has 2 N–H and O–H groups in total. The minimum absolute atomic E-state index is 0.0720. The fourth-order valence-corrected chi connectivity index (χ4v) is 2.68. The van der Waals surface area contributed by atoms with E-state index in [4.69, 9.17) is 22.1 Å². The summed E-state index contributed by atoms with van der Waals surface area (Å²) < 4.78 is 5.40. The Morgan fingerprint density at radius 2 is 2.19 bits per heavy atom. The molecule has 0 spiro atoms. The first kappa shape index (κ1) is 12.1. The molecular weight excluding hydrogens is 224 g/mol. The number of rotatable bonds is 2. The fourth-order valence-electron chi connectivity index (χ4n) is 2.35. The van der Waals surface area contributed by atoms with Gasteiger partial charge in [0.05, 0.1) is 19.3 Å². The molecule has 5 heteroatoms. The number of morpholine rings is 1. The smallest absolute Gasteiger partial charge is 0.169 e. The number of aliphatic hydroxyl groups excluding tert-OH is 1. The maximum absolute atomic E-state index is 9.06. The van der Waals surface area contributed by atoms with Crippen LogP contribution in [0.3, 0.4) is 0 Å². The molecule has 1 aliphatic heterocycles. The third-order valence-corrected chi connectivity index (χ3v) is 3.69. The second-order valence-corrected chi connectivity index (χ2v) is 4.94. The summed E-state index contributed by atoms with van der Waals surface area (Å²) in [6.07, 6.45) is 4.99. The molecule has 2 fully saturated rings. The summed E-state index contributed by atoms with van der Waals surface area (Å²) in [5.41, 5.74) is 0. The molecule has 92 valence electrons. The van der Waals surface area contributed by atoms with Crippen LogP contribution in [0, 0.1) is 0 Å². The molecule has 0 aromatic rings. The van der Waals surface area contributed by atoms with Gasteiger partial charge < -0.3 is 20.1 Å². The summed E-state index contributed by atoms with van der Waals surface area (Å²) in [4.78, 5) is 2.11. The van der Waals surface area contributed by atoms with E-state index in [1.54, 1.807) is 0 Å². The molecule has 1 heterocycles. The van der Waals surface area contributed by atoms with Crippen LogP contribution in [0.5, 0.6) is 0 Å². The van der Waals surface area contributed by atoms with Crippen molar-refractivity contribution in [3.05, 3.63) is 0 Å². The highest BCUT2D eigenvalue weighted by atomic mass is 32.1. The molecular formula is C11H20N2O2S. The lowest BCUT2D eigenvalue weighted by atomic mass is 10.2. The molecule has 1 atom stereocenters. The Bertz CT molecular complexity index is 244. The van der Waals surface area contributed by atoms with Gasteiger partial charge in [-0.1, -0.05) is 12.8 Å². The highest BCUT2D eigenvalue weighted by molar-refractivity contribution is 7.80. The Balaban J connectivity index is 1.79. The number of hydrogen-bond donors (Lipinski definition) is 2. The van der Waals surface area contributed by atoms with Crippen molar-refractivity contribution in [3.63, 3.8) is 0 Å². The van der Waals surface area contributed by atoms with Crippen LogP contribution in [0.25, 0.3) is 0 Å². The van der Waals surface area contributed by atoms with E-state index in [9.17, 15) is 0 Å². The van der Waals surface area contributed by atoms with Crippen LogP contribution < -0.4 is 5.32 Å². The van der Waals surface area contributed by atoms with Gasteiger partial charge in [0.15, 0.2) is 5.11 Å². The number of nitrogens with one attached hydrogen (secondary N) is 1. The van der Waals surface area contributed by atoms with E-state index in [1.165, 1.54) is 25.7 Å². The predicted octanol–water partition coefficient (Wildman–Crippen LogP) is 0.497. The normalized spacial score (nSPS) is 27.1. The van der Waals surface area contributed by atoms with Gasteiger partial charge >= 0.3 is 0 Å². The second-order valence-electron chi connectivity index (χ2n) is 4.55. The Hall–Kier alpha value is -0.390. The van der Waals surface area contributed by atoms with E-state index in [0.29, 0.717) is 19.2 Å². The predicted molar refractivity (Wildman–Crippen MR) is 66.4 cm³/mol. The van der Waals surface area contributed by atoms with Crippen LogP contribution in [0.15, 0.2) is 0 Å². The van der Waals surface area contributed by atoms with Crippen molar-refractivity contribution in [1.82, 2.24) is 10.2 Å². The zero-order valence-corrected chi connectivity index (χ0v) is 10.3. The molecule has 16 heavy (non-hydrogen) atoms. The zero-order valence-electron chi connectivity index (χ0n) is 9.52. The highest BCUT2D eigenvalue weighted by Gasteiger charge is 2.23. The van der Waals surface area contributed by atoms with E-state index < -0.39 is 0 Å². The summed E-state index contributed by atoms with van der Waals surface area (Å²) in [7, 11) is 0. The number of hydrogen-bond acceptors (Lipinski definition) is 3. The molecule has 1 saturated carbocycles. The molecule has 1 unspecified atom stereocenters. The second kappa shape index (κ2) is 5.80. The Morgan fingerprint density at radius 3 is 2.88 bits per heavy atom. The van der Waals surface area contributed by atoms with Gasteiger partial charge in [0.25, 0.3) is 0 Å². The van der Waals surface area contributed by atoms with Crippen LogP contribution in [-0.4, -0.2) is 53.6 Å². The lowest BCUT2D eigenvalue weighted by molar-refractivity contribution is -0.0343. The average Bonchev–Trinajstić information content (AvgIpc) is 2.82. The monoisotopic (exact) mass is 244 g/mol. The molecule has 2 aliphatic rings. The molecule has 0 radical (unpaired) electrons. The van der Waals surface area contributed by atoms with Crippen LogP contribution in [0.2, 0.25) is 0 Å². The largest absolute Gasteiger partial charge is 0.394 e. The van der Waals surface area contributed by atoms with Crippen molar-refractivity contribution in [3.8, 4) is 0 Å². The number of nitrogens with zero attached hydrogens (tertiary/aromatic N) is 1. The van der Waals surface area contributed by atoms with E-state index in [0.717, 1.165) is 11.7 Å². The molecule has 1 saturated heterocycles. The first-order chi connectivity index (χ1) is 7.79. The van der Waals surface area contributed by atoms with Gasteiger partial charge in [-0.25, -0.2) is 0 Å². The fraction of sp³-hybridized carbons (Fsp3) is 0.909. The van der Waals surface area contributed by atoms with Crippen molar-refractivity contribution in [2.24, 2.45) is 0 Å². The van der Waals surface area contributed by atoms with Gasteiger partial charge in [-0.05, 0) is 25.1 Å². The topological polar surface area (TPSA) is 44.7 Å². The van der Waals surface area contributed by atoms with Gasteiger partial charge in [0, 0.05) is 19.1 Å². The van der Waals surface area contributed by atoms with Gasteiger partial charge in [0.1, 0.15) is 0 Å². The maximum atomic E-state index is 9.06. The summed E-state index contributed by atoms with van der Waals surface area (Å²) in [6, 6.07) is 0.558. The molecule has 2 rings (SSSR count). The lowest BCUT2D eigenvalue weighted by Gasteiger charge is -2.34. The van der Waals surface area contributed by atoms with Crippen molar-refractivity contribution < 1.29 is 9.84 Å². The minimum atomic E-state index is -0.0860. The van der Waals surface area contributed by atoms with Gasteiger partial charge in [-0.2, -0.15) is 0 Å². The van der Waals surface area contributed by atoms with Crippen molar-refractivity contribution in [2.45, 2.75) is 37.8 Å². The van der Waals surface area contributed by atoms with Gasteiger partial charge in [-0.3, -0.25) is 0 Å². The van der Waals surface area contributed by atoms with Crippen LogP contribution >= 0.6 is 12.2 Å². The minimum Gasteiger partial charge on any atom is -0.394 e. The Labute approximate surface area is 102 Å². The third-order valence-electron chi connectivity index (χ3n) is 3.31. The summed E-state index contributed by atoms with van der Waals surface area (Å²) in [5.74, 6) is 0. The average molecular weight is 244 g/mol. The Morgan fingerprint density at radius 1 is 1.44 bits per heavy atom. The first-order valence-corrected chi connectivity index (χ1v) is 6.48. The van der Waals surface area contributed by atoms with Crippen LogP contribution in [0.4, 0.5) is 0 Å². The third kappa shape index (κ3) is 3.06. The molecule has 4 nitrogen and oxygen atoms in total. The summed E-state index contributed by atoms with van der Waals surface area (Å²) in [5, 5.41) is 13.3. The SMILES string of the molecule is OCC1CN(C(=S)NC2CCCC2)CCO1. The molecule has 0 aromatic carbocycles. The standard InChI is InChI=1S/C11H20N2O2S/c14-8-10-7-13(5-6-15-10)11(16)12-9-3-1-2-4-9/h9-10,14H,1-8H2,(H,12,16). The summed E-state index contributed by atoms with van der Waals surface area (Å²) in [6.45, 7) is 2.25. The van der Waals surface area contributed by atoms with Crippen molar-refractivity contribution in [2.75, 3.05) is 26.3 Å². The van der Waals surface area contributed by atoms with E-state index >= 15 is 0 Å². The van der Waals surface area contributed by atoms with E-state index in [-0.39, 0.29) is 12.7 Å². The molecule has 0 bridgehead atoms. The van der Waals surface area contributed by atoms with Gasteiger partial charge in [0.2, 0.25) is 0 Å². The number of aliphatic hydroxyl groups is 1. The quantitative estimate of drug-likeness (QED) is 0.693. The molecule has 0 aromatic heterocycles. The van der Waals surface area contributed by atoms with Crippen molar-refractivity contribution in [1.29, 1.82) is 0 Å². The Kier molecular flexibility index (Phi) is 4.37. The van der Waals surface area contributed by atoms with E-state index in [1.807, 2.05) is 0 Å². The van der Waals surface area contributed by atoms with E-state index in [2.05, 4.69) is 10.2 Å². The molecule has 0 amide bonds. The van der Waals surface area contributed by atoms with Gasteiger partial charge in [-0.15, -0.1) is 0 Å². The first-order valence-electron chi connectivity index (χ1n) is 6.07.